The Morgan fingerprint density at radius 1 is 0.793 bits per heavy atom. The van der Waals surface area contributed by atoms with Crippen LogP contribution in [0.1, 0.15) is 27.4 Å². The molecule has 29 heavy (non-hydrogen) atoms. The Morgan fingerprint density at radius 2 is 1.45 bits per heavy atom. The summed E-state index contributed by atoms with van der Waals surface area (Å²) in [6.07, 6.45) is 0. The lowest BCUT2D eigenvalue weighted by Gasteiger charge is -2.18. The SMILES string of the molecule is Cl.O=C(c1ccccc1)c1cccc(NC(=O)[C@H]2CNCC2c2ccccc2)c1. The molecular formula is C24H23ClN2O2. The zero-order chi connectivity index (χ0) is 19.3. The Hall–Kier alpha value is -2.95. The maximum Gasteiger partial charge on any atom is 0.229 e. The average Bonchev–Trinajstić information content (AvgIpc) is 3.25. The van der Waals surface area contributed by atoms with Gasteiger partial charge in [0.25, 0.3) is 0 Å². The fraction of sp³-hybridized carbons (Fsp3) is 0.167. The summed E-state index contributed by atoms with van der Waals surface area (Å²) in [5.41, 5.74) is 3.01. The molecule has 0 saturated carbocycles. The normalized spacial score (nSPS) is 17.9. The molecule has 3 aromatic rings. The number of ketones is 1. The van der Waals surface area contributed by atoms with E-state index in [1.807, 2.05) is 42.5 Å². The summed E-state index contributed by atoms with van der Waals surface area (Å²) >= 11 is 0. The lowest BCUT2D eigenvalue weighted by molar-refractivity contribution is -0.119. The number of anilines is 1. The van der Waals surface area contributed by atoms with Crippen molar-refractivity contribution in [3.63, 3.8) is 0 Å². The van der Waals surface area contributed by atoms with E-state index in [4.69, 9.17) is 0 Å². The van der Waals surface area contributed by atoms with E-state index < -0.39 is 0 Å². The van der Waals surface area contributed by atoms with Gasteiger partial charge in [0.05, 0.1) is 5.92 Å². The van der Waals surface area contributed by atoms with Crippen molar-refractivity contribution in [2.24, 2.45) is 5.92 Å². The highest BCUT2D eigenvalue weighted by molar-refractivity contribution is 6.09. The smallest absolute Gasteiger partial charge is 0.229 e. The second kappa shape index (κ2) is 9.50. The number of hydrogen-bond acceptors (Lipinski definition) is 3. The maximum absolute atomic E-state index is 12.9. The summed E-state index contributed by atoms with van der Waals surface area (Å²) in [7, 11) is 0. The van der Waals surface area contributed by atoms with Gasteiger partial charge in [0, 0.05) is 35.8 Å². The van der Waals surface area contributed by atoms with E-state index in [-0.39, 0.29) is 35.9 Å². The molecular weight excluding hydrogens is 384 g/mol. The van der Waals surface area contributed by atoms with Crippen molar-refractivity contribution in [3.05, 3.63) is 102 Å². The predicted octanol–water partition coefficient (Wildman–Crippen LogP) is 4.28. The standard InChI is InChI=1S/C24H22N2O2.ClH/c27-23(18-10-5-2-6-11-18)19-12-7-13-20(14-19)26-24(28)22-16-25-15-21(22)17-8-3-1-4-9-17;/h1-14,21-22,25H,15-16H2,(H,26,28);1H/t21?,22-;/m0./s1. The first kappa shape index (κ1) is 20.8. The number of nitrogens with one attached hydrogen (secondary N) is 2. The van der Waals surface area contributed by atoms with E-state index in [2.05, 4.69) is 22.8 Å². The Labute approximate surface area is 176 Å². The summed E-state index contributed by atoms with van der Waals surface area (Å²) in [5.74, 6) is -0.0734. The van der Waals surface area contributed by atoms with Crippen LogP contribution in [0, 0.1) is 5.92 Å². The van der Waals surface area contributed by atoms with E-state index in [0.717, 1.165) is 6.54 Å². The molecule has 4 rings (SSSR count). The average molecular weight is 407 g/mol. The van der Waals surface area contributed by atoms with Gasteiger partial charge in [0.15, 0.2) is 5.78 Å². The third-order valence-electron chi connectivity index (χ3n) is 5.21. The van der Waals surface area contributed by atoms with Gasteiger partial charge >= 0.3 is 0 Å². The third kappa shape index (κ3) is 4.73. The topological polar surface area (TPSA) is 58.2 Å². The fourth-order valence-electron chi connectivity index (χ4n) is 3.73. The summed E-state index contributed by atoms with van der Waals surface area (Å²) in [6, 6.07) is 26.4. The number of halogens is 1. The van der Waals surface area contributed by atoms with Crippen LogP contribution >= 0.6 is 12.4 Å². The van der Waals surface area contributed by atoms with Gasteiger partial charge in [0.1, 0.15) is 0 Å². The molecule has 1 aliphatic heterocycles. The van der Waals surface area contributed by atoms with Crippen LogP contribution in [0.15, 0.2) is 84.9 Å². The van der Waals surface area contributed by atoms with Crippen LogP contribution < -0.4 is 10.6 Å². The molecule has 0 spiro atoms. The summed E-state index contributed by atoms with van der Waals surface area (Å²) in [4.78, 5) is 25.6. The molecule has 0 radical (unpaired) electrons. The first-order valence-electron chi connectivity index (χ1n) is 9.49. The van der Waals surface area contributed by atoms with E-state index in [1.54, 1.807) is 30.3 Å². The summed E-state index contributed by atoms with van der Waals surface area (Å²) < 4.78 is 0. The van der Waals surface area contributed by atoms with Crippen LogP contribution in [-0.4, -0.2) is 24.8 Å². The molecule has 1 heterocycles. The molecule has 3 aromatic carbocycles. The molecule has 5 heteroatoms. The van der Waals surface area contributed by atoms with Crippen molar-refractivity contribution < 1.29 is 9.59 Å². The number of hydrogen-bond donors (Lipinski definition) is 2. The minimum Gasteiger partial charge on any atom is -0.326 e. The number of carbonyl (C=O) groups is 2. The zero-order valence-electron chi connectivity index (χ0n) is 15.9. The quantitative estimate of drug-likeness (QED) is 0.622. The highest BCUT2D eigenvalue weighted by Crippen LogP contribution is 2.29. The number of rotatable bonds is 5. The molecule has 0 bridgehead atoms. The molecule has 1 amide bonds. The highest BCUT2D eigenvalue weighted by Gasteiger charge is 2.33. The van der Waals surface area contributed by atoms with Crippen molar-refractivity contribution >= 4 is 29.8 Å². The monoisotopic (exact) mass is 406 g/mol. The Morgan fingerprint density at radius 3 is 2.17 bits per heavy atom. The van der Waals surface area contributed by atoms with Crippen LogP contribution in [0.5, 0.6) is 0 Å². The molecule has 1 saturated heterocycles. The molecule has 0 aliphatic carbocycles. The number of amides is 1. The Balaban J connectivity index is 0.00000240. The minimum atomic E-state index is -0.143. The second-order valence-electron chi connectivity index (χ2n) is 7.05. The van der Waals surface area contributed by atoms with E-state index in [0.29, 0.717) is 23.4 Å². The van der Waals surface area contributed by atoms with Gasteiger partial charge < -0.3 is 10.6 Å². The molecule has 1 unspecified atom stereocenters. The Kier molecular flexibility index (Phi) is 6.81. The lowest BCUT2D eigenvalue weighted by atomic mass is 9.88. The summed E-state index contributed by atoms with van der Waals surface area (Å²) in [5, 5.41) is 6.32. The number of carbonyl (C=O) groups excluding carboxylic acids is 2. The van der Waals surface area contributed by atoms with Crippen LogP contribution in [0.25, 0.3) is 0 Å². The van der Waals surface area contributed by atoms with Gasteiger partial charge in [0.2, 0.25) is 5.91 Å². The van der Waals surface area contributed by atoms with Crippen LogP contribution in [0.2, 0.25) is 0 Å². The summed E-state index contributed by atoms with van der Waals surface area (Å²) in [6.45, 7) is 1.43. The van der Waals surface area contributed by atoms with Crippen molar-refractivity contribution in [3.8, 4) is 0 Å². The van der Waals surface area contributed by atoms with Gasteiger partial charge in [-0.25, -0.2) is 0 Å². The maximum atomic E-state index is 12.9. The minimum absolute atomic E-state index is 0. The van der Waals surface area contributed by atoms with Gasteiger partial charge in [-0.1, -0.05) is 72.8 Å². The van der Waals surface area contributed by atoms with Crippen molar-refractivity contribution in [1.29, 1.82) is 0 Å². The first-order chi connectivity index (χ1) is 13.7. The molecule has 0 aromatic heterocycles. The van der Waals surface area contributed by atoms with Gasteiger partial charge in [-0.3, -0.25) is 9.59 Å². The lowest BCUT2D eigenvalue weighted by Crippen LogP contribution is -2.28. The van der Waals surface area contributed by atoms with Crippen LogP contribution in [0.3, 0.4) is 0 Å². The first-order valence-corrected chi connectivity index (χ1v) is 9.49. The second-order valence-corrected chi connectivity index (χ2v) is 7.05. The third-order valence-corrected chi connectivity index (χ3v) is 5.21. The van der Waals surface area contributed by atoms with E-state index in [1.165, 1.54) is 5.56 Å². The molecule has 2 N–H and O–H groups in total. The van der Waals surface area contributed by atoms with Crippen LogP contribution in [0.4, 0.5) is 5.69 Å². The van der Waals surface area contributed by atoms with Gasteiger partial charge in [-0.2, -0.15) is 0 Å². The van der Waals surface area contributed by atoms with Gasteiger partial charge in [-0.05, 0) is 17.7 Å². The van der Waals surface area contributed by atoms with Crippen molar-refractivity contribution in [2.45, 2.75) is 5.92 Å². The zero-order valence-corrected chi connectivity index (χ0v) is 16.7. The molecule has 2 atom stereocenters. The van der Waals surface area contributed by atoms with E-state index >= 15 is 0 Å². The molecule has 4 nitrogen and oxygen atoms in total. The van der Waals surface area contributed by atoms with Crippen molar-refractivity contribution in [1.82, 2.24) is 5.32 Å². The fourth-order valence-corrected chi connectivity index (χ4v) is 3.73. The molecule has 148 valence electrons. The van der Waals surface area contributed by atoms with E-state index in [9.17, 15) is 9.59 Å². The predicted molar refractivity (Wildman–Crippen MR) is 118 cm³/mol. The van der Waals surface area contributed by atoms with Crippen molar-refractivity contribution in [2.75, 3.05) is 18.4 Å². The molecule has 1 aliphatic rings. The molecule has 1 fully saturated rings. The largest absolute Gasteiger partial charge is 0.326 e. The number of benzene rings is 3. The van der Waals surface area contributed by atoms with Gasteiger partial charge in [-0.15, -0.1) is 12.4 Å². The highest BCUT2D eigenvalue weighted by atomic mass is 35.5. The Bertz CT molecular complexity index is 976. The van der Waals surface area contributed by atoms with Crippen LogP contribution in [-0.2, 0) is 4.79 Å².